The van der Waals surface area contributed by atoms with Gasteiger partial charge in [-0.2, -0.15) is 0 Å². The van der Waals surface area contributed by atoms with Crippen LogP contribution in [0.1, 0.15) is 9.67 Å². The molecule has 11 heteroatoms. The normalized spacial score (nSPS) is 13.1. The third kappa shape index (κ3) is 4.09. The Labute approximate surface area is 173 Å². The Morgan fingerprint density at radius 2 is 1.86 bits per heavy atom. The van der Waals surface area contributed by atoms with Crippen molar-refractivity contribution in [1.29, 1.82) is 0 Å². The van der Waals surface area contributed by atoms with Gasteiger partial charge in [-0.25, -0.2) is 0 Å². The van der Waals surface area contributed by atoms with Crippen LogP contribution in [0, 0.1) is 0 Å². The van der Waals surface area contributed by atoms with Crippen LogP contribution in [0.2, 0.25) is 4.34 Å². The third-order valence-electron chi connectivity index (χ3n) is 4.12. The third-order valence-corrected chi connectivity index (χ3v) is 5.35. The Kier molecular flexibility index (Phi) is 5.21. The zero-order valence-electron chi connectivity index (χ0n) is 14.8. The average molecular weight is 431 g/mol. The zero-order chi connectivity index (χ0) is 20.4. The number of benzene rings is 1. The van der Waals surface area contributed by atoms with Gasteiger partial charge in [0.1, 0.15) is 0 Å². The summed E-state index contributed by atoms with van der Waals surface area (Å²) >= 11 is 7.07. The van der Waals surface area contributed by atoms with E-state index in [1.54, 1.807) is 47.6 Å². The predicted octanol–water partition coefficient (Wildman–Crippen LogP) is 1.34. The summed E-state index contributed by atoms with van der Waals surface area (Å²) in [7, 11) is 0. The van der Waals surface area contributed by atoms with Crippen molar-refractivity contribution >= 4 is 34.5 Å². The number of thiophene rings is 1. The molecule has 1 aromatic carbocycles. The predicted molar refractivity (Wildman–Crippen MR) is 111 cm³/mol. The maximum absolute atomic E-state index is 12.1. The van der Waals surface area contributed by atoms with Crippen LogP contribution in [-0.2, 0) is 0 Å². The Bertz CT molecular complexity index is 1200. The maximum Gasteiger partial charge on any atom is 0.320 e. The quantitative estimate of drug-likeness (QED) is 0.455. The number of hydrogen-bond donors (Lipinski definition) is 4. The summed E-state index contributed by atoms with van der Waals surface area (Å²) in [4.78, 5) is 38.4. The van der Waals surface area contributed by atoms with Crippen LogP contribution >= 0.6 is 22.9 Å². The van der Waals surface area contributed by atoms with Gasteiger partial charge in [0.2, 0.25) is 0 Å². The molecule has 1 amide bonds. The first-order valence-electron chi connectivity index (χ1n) is 8.47. The number of aromatic nitrogens is 2. The Balaban J connectivity index is 1.42. The molecule has 4 rings (SSSR count). The zero-order valence-corrected chi connectivity index (χ0v) is 16.4. The number of aromatic amines is 1. The number of halogens is 1. The lowest BCUT2D eigenvalue weighted by Gasteiger charge is -2.15. The van der Waals surface area contributed by atoms with E-state index in [9.17, 15) is 14.4 Å². The molecule has 0 saturated carbocycles. The molecule has 148 valence electrons. The Morgan fingerprint density at radius 3 is 2.59 bits per heavy atom. The summed E-state index contributed by atoms with van der Waals surface area (Å²) in [5.41, 5.74) is 6.75. The first-order chi connectivity index (χ1) is 14.0. The van der Waals surface area contributed by atoms with Crippen molar-refractivity contribution in [3.8, 4) is 5.69 Å². The van der Waals surface area contributed by atoms with Gasteiger partial charge in [-0.3, -0.25) is 24.0 Å². The molecule has 0 atom stereocenters. The van der Waals surface area contributed by atoms with E-state index in [-0.39, 0.29) is 5.91 Å². The van der Waals surface area contributed by atoms with Gasteiger partial charge < -0.3 is 15.7 Å². The van der Waals surface area contributed by atoms with Crippen molar-refractivity contribution in [3.05, 3.63) is 90.6 Å². The first-order valence-corrected chi connectivity index (χ1v) is 9.66. The summed E-state index contributed by atoms with van der Waals surface area (Å²) in [5.74, 6) is -0.198. The standard InChI is InChI=1S/C18H15ClN6O3S/c19-15-6-5-14(29-15)16(26)21-9-11-10-25(23-22-11)13-3-1-12(2-4-13)24-8-7-20-17(27)18(24)28/h1-8,10,22-23H,9H2,(H,20,27)(H,21,26). The molecule has 0 bridgehead atoms. The minimum Gasteiger partial charge on any atom is -0.346 e. The van der Waals surface area contributed by atoms with Crippen LogP contribution in [0.15, 0.2) is 70.3 Å². The van der Waals surface area contributed by atoms with Crippen molar-refractivity contribution in [3.63, 3.8) is 0 Å². The van der Waals surface area contributed by atoms with Crippen molar-refractivity contribution in [2.45, 2.75) is 0 Å². The van der Waals surface area contributed by atoms with Crippen LogP contribution in [0.5, 0.6) is 0 Å². The van der Waals surface area contributed by atoms with Gasteiger partial charge in [-0.05, 0) is 36.4 Å². The number of hydrazine groups is 2. The number of carbonyl (C=O) groups is 1. The maximum atomic E-state index is 12.1. The number of carbonyl (C=O) groups excluding carboxylic acids is 1. The number of nitrogens with zero attached hydrogens (tertiary/aromatic N) is 2. The van der Waals surface area contributed by atoms with Crippen LogP contribution in [0.25, 0.3) is 5.69 Å². The summed E-state index contributed by atoms with van der Waals surface area (Å²) in [6.07, 6.45) is 4.71. The van der Waals surface area contributed by atoms with Gasteiger partial charge >= 0.3 is 11.1 Å². The minimum absolute atomic E-state index is 0.198. The van der Waals surface area contributed by atoms with E-state index in [4.69, 9.17) is 11.6 Å². The van der Waals surface area contributed by atoms with Crippen LogP contribution in [0.3, 0.4) is 0 Å². The first kappa shape index (κ1) is 19.0. The number of H-pyrrole nitrogens is 1. The molecule has 29 heavy (non-hydrogen) atoms. The molecule has 4 N–H and O–H groups in total. The fourth-order valence-corrected chi connectivity index (χ4v) is 3.64. The van der Waals surface area contributed by atoms with E-state index < -0.39 is 11.1 Å². The molecule has 0 aliphatic carbocycles. The topological polar surface area (TPSA) is 111 Å². The Morgan fingerprint density at radius 1 is 1.10 bits per heavy atom. The second-order valence-electron chi connectivity index (χ2n) is 6.03. The molecule has 0 radical (unpaired) electrons. The summed E-state index contributed by atoms with van der Waals surface area (Å²) in [5, 5.41) is 4.54. The van der Waals surface area contributed by atoms with E-state index in [0.29, 0.717) is 21.4 Å². The number of nitrogens with one attached hydrogen (secondary N) is 4. The lowest BCUT2D eigenvalue weighted by atomic mass is 10.2. The second kappa shape index (κ2) is 7.95. The van der Waals surface area contributed by atoms with E-state index >= 15 is 0 Å². The second-order valence-corrected chi connectivity index (χ2v) is 7.74. The van der Waals surface area contributed by atoms with E-state index in [0.717, 1.165) is 11.4 Å². The average Bonchev–Trinajstić information content (AvgIpc) is 3.38. The van der Waals surface area contributed by atoms with Gasteiger partial charge in [0, 0.05) is 24.3 Å². The van der Waals surface area contributed by atoms with Crippen molar-refractivity contribution in [2.75, 3.05) is 11.6 Å². The number of amides is 1. The molecule has 3 aromatic rings. The highest BCUT2D eigenvalue weighted by atomic mass is 35.5. The molecule has 9 nitrogen and oxygen atoms in total. The van der Waals surface area contributed by atoms with Crippen molar-refractivity contribution in [1.82, 2.24) is 25.8 Å². The van der Waals surface area contributed by atoms with Crippen LogP contribution in [-0.4, -0.2) is 22.0 Å². The van der Waals surface area contributed by atoms with Gasteiger partial charge in [-0.15, -0.1) is 16.9 Å². The van der Waals surface area contributed by atoms with Gasteiger partial charge in [-0.1, -0.05) is 11.6 Å². The number of rotatable bonds is 5. The molecule has 0 spiro atoms. The molecule has 0 fully saturated rings. The summed E-state index contributed by atoms with van der Waals surface area (Å²) < 4.78 is 1.83. The number of hydrogen-bond acceptors (Lipinski definition) is 7. The molecular weight excluding hydrogens is 416 g/mol. The van der Waals surface area contributed by atoms with E-state index in [1.807, 2.05) is 0 Å². The molecule has 1 aliphatic rings. The SMILES string of the molecule is O=C(NCC1=CN(c2ccc(-n3cc[nH]c(=O)c3=O)cc2)NN1)c1ccc(Cl)s1. The summed E-state index contributed by atoms with van der Waals surface area (Å²) in [6.45, 7) is 0.304. The fraction of sp³-hybridized carbons (Fsp3) is 0.0556. The minimum atomic E-state index is -0.679. The molecule has 0 unspecified atom stereocenters. The van der Waals surface area contributed by atoms with Gasteiger partial charge in [0.25, 0.3) is 5.91 Å². The molecule has 3 heterocycles. The number of anilines is 1. The van der Waals surface area contributed by atoms with Gasteiger partial charge in [0.15, 0.2) is 0 Å². The van der Waals surface area contributed by atoms with E-state index in [1.165, 1.54) is 28.3 Å². The highest BCUT2D eigenvalue weighted by Crippen LogP contribution is 2.21. The van der Waals surface area contributed by atoms with Crippen LogP contribution < -0.4 is 32.4 Å². The molecule has 2 aromatic heterocycles. The highest BCUT2D eigenvalue weighted by molar-refractivity contribution is 7.17. The summed E-state index contributed by atoms with van der Waals surface area (Å²) in [6, 6.07) is 10.4. The van der Waals surface area contributed by atoms with E-state index in [2.05, 4.69) is 21.3 Å². The highest BCUT2D eigenvalue weighted by Gasteiger charge is 2.15. The molecular formula is C18H15ClN6O3S. The van der Waals surface area contributed by atoms with Crippen molar-refractivity contribution in [2.24, 2.45) is 0 Å². The largest absolute Gasteiger partial charge is 0.346 e. The monoisotopic (exact) mass is 430 g/mol. The fourth-order valence-electron chi connectivity index (χ4n) is 2.68. The van der Waals surface area contributed by atoms with Crippen molar-refractivity contribution < 1.29 is 4.79 Å². The lowest BCUT2D eigenvalue weighted by molar-refractivity contribution is 0.0960. The van der Waals surface area contributed by atoms with Gasteiger partial charge in [0.05, 0.1) is 27.1 Å². The Hall–Kier alpha value is -3.34. The molecule has 0 saturated heterocycles. The lowest BCUT2D eigenvalue weighted by Crippen LogP contribution is -2.38. The molecule has 1 aliphatic heterocycles. The smallest absolute Gasteiger partial charge is 0.320 e. The van der Waals surface area contributed by atoms with Crippen LogP contribution in [0.4, 0.5) is 5.69 Å².